The van der Waals surface area contributed by atoms with Gasteiger partial charge in [-0.3, -0.25) is 0 Å². The molecule has 1 aliphatic rings. The van der Waals surface area contributed by atoms with Crippen LogP contribution < -0.4 is 0 Å². The molecule has 1 N–H and O–H groups in total. The largest absolute Gasteiger partial charge is 0.465 e. The van der Waals surface area contributed by atoms with Gasteiger partial charge in [0.1, 0.15) is 0 Å². The van der Waals surface area contributed by atoms with E-state index in [2.05, 4.69) is 10.0 Å². The first-order valence-corrected chi connectivity index (χ1v) is 5.94. The second-order valence-corrected chi connectivity index (χ2v) is 5.45. The minimum absolute atomic E-state index is 0.197. The number of hydrogen-bond acceptors (Lipinski definition) is 2. The van der Waals surface area contributed by atoms with Gasteiger partial charge in [0.25, 0.3) is 0 Å². The molecule has 0 bridgehead atoms. The fourth-order valence-electron chi connectivity index (χ4n) is 2.52. The molecule has 0 aromatic rings. The Morgan fingerprint density at radius 1 is 1.41 bits per heavy atom. The third kappa shape index (κ3) is 3.27. The Morgan fingerprint density at radius 2 is 2.00 bits per heavy atom. The lowest BCUT2D eigenvalue weighted by molar-refractivity contribution is 0.0492. The van der Waals surface area contributed by atoms with E-state index in [1.807, 2.05) is 20.8 Å². The maximum atomic E-state index is 11.4. The first-order chi connectivity index (χ1) is 7.88. The molecular weight excluding hydrogens is 220 g/mol. The molecule has 0 aromatic heterocycles. The minimum atomic E-state index is -0.942. The van der Waals surface area contributed by atoms with Crippen LogP contribution in [0.1, 0.15) is 46.5 Å². The third-order valence-corrected chi connectivity index (χ3v) is 3.15. The fraction of sp³-hybridized carbons (Fsp3) is 0.909. The summed E-state index contributed by atoms with van der Waals surface area (Å²) in [5.74, 6) is 0. The summed E-state index contributed by atoms with van der Waals surface area (Å²) in [7, 11) is 0. The van der Waals surface area contributed by atoms with Crippen molar-refractivity contribution >= 4 is 6.09 Å². The molecule has 1 amide bonds. The maximum absolute atomic E-state index is 11.4. The first-order valence-electron chi connectivity index (χ1n) is 5.94. The molecule has 6 nitrogen and oxygen atoms in total. The van der Waals surface area contributed by atoms with Crippen molar-refractivity contribution in [1.29, 1.82) is 0 Å². The molecule has 2 atom stereocenters. The van der Waals surface area contributed by atoms with Gasteiger partial charge in [0.2, 0.25) is 0 Å². The Hall–Kier alpha value is -1.42. The lowest BCUT2D eigenvalue weighted by Gasteiger charge is -2.43. The zero-order chi connectivity index (χ0) is 13.1. The average molecular weight is 240 g/mol. The smallest absolute Gasteiger partial charge is 0.407 e. The van der Waals surface area contributed by atoms with E-state index in [0.717, 1.165) is 25.7 Å². The van der Waals surface area contributed by atoms with E-state index in [1.165, 1.54) is 4.90 Å². The molecule has 1 saturated carbocycles. The van der Waals surface area contributed by atoms with Gasteiger partial charge in [-0.15, -0.1) is 0 Å². The highest BCUT2D eigenvalue weighted by molar-refractivity contribution is 5.66. The number of carbonyl (C=O) groups is 1. The lowest BCUT2D eigenvalue weighted by Crippen LogP contribution is -2.55. The Labute approximate surface area is 101 Å². The van der Waals surface area contributed by atoms with Crippen LogP contribution >= 0.6 is 0 Å². The zero-order valence-electron chi connectivity index (χ0n) is 10.6. The van der Waals surface area contributed by atoms with Gasteiger partial charge in [0, 0.05) is 16.5 Å². The number of carboxylic acid groups (broad SMARTS) is 1. The minimum Gasteiger partial charge on any atom is -0.465 e. The Bertz CT molecular complexity index is 331. The van der Waals surface area contributed by atoms with Crippen LogP contribution in [0.3, 0.4) is 0 Å². The molecule has 17 heavy (non-hydrogen) atoms. The summed E-state index contributed by atoms with van der Waals surface area (Å²) in [4.78, 5) is 15.7. The molecule has 0 unspecified atom stereocenters. The highest BCUT2D eigenvalue weighted by Crippen LogP contribution is 2.30. The normalized spacial score (nSPS) is 24.9. The fourth-order valence-corrected chi connectivity index (χ4v) is 2.52. The van der Waals surface area contributed by atoms with E-state index in [1.54, 1.807) is 0 Å². The maximum Gasteiger partial charge on any atom is 0.407 e. The average Bonchev–Trinajstić information content (AvgIpc) is 2.18. The Morgan fingerprint density at radius 3 is 2.47 bits per heavy atom. The van der Waals surface area contributed by atoms with Crippen molar-refractivity contribution in [2.75, 3.05) is 0 Å². The van der Waals surface area contributed by atoms with Crippen molar-refractivity contribution in [2.24, 2.45) is 5.11 Å². The molecular formula is C11H20N4O2. The van der Waals surface area contributed by atoms with Gasteiger partial charge < -0.3 is 10.0 Å². The van der Waals surface area contributed by atoms with Crippen LogP contribution in [-0.4, -0.2) is 33.7 Å². The van der Waals surface area contributed by atoms with Gasteiger partial charge in [-0.05, 0) is 39.1 Å². The summed E-state index contributed by atoms with van der Waals surface area (Å²) in [6.07, 6.45) is 2.59. The van der Waals surface area contributed by atoms with Crippen molar-refractivity contribution in [3.05, 3.63) is 10.4 Å². The van der Waals surface area contributed by atoms with E-state index in [-0.39, 0.29) is 12.1 Å². The van der Waals surface area contributed by atoms with Gasteiger partial charge in [0.15, 0.2) is 0 Å². The number of amides is 1. The molecule has 0 heterocycles. The molecule has 1 rings (SSSR count). The van der Waals surface area contributed by atoms with Crippen LogP contribution in [0.4, 0.5) is 4.79 Å². The summed E-state index contributed by atoms with van der Waals surface area (Å²) < 4.78 is 0. The van der Waals surface area contributed by atoms with E-state index < -0.39 is 11.6 Å². The van der Waals surface area contributed by atoms with Gasteiger partial charge in [-0.1, -0.05) is 18.0 Å². The number of hydrogen-bond donors (Lipinski definition) is 1. The van der Waals surface area contributed by atoms with Crippen LogP contribution in [0, 0.1) is 0 Å². The van der Waals surface area contributed by atoms with Crippen LogP contribution in [-0.2, 0) is 0 Å². The molecule has 0 aromatic carbocycles. The van der Waals surface area contributed by atoms with Crippen molar-refractivity contribution in [3.63, 3.8) is 0 Å². The Balaban J connectivity index is 2.98. The lowest BCUT2D eigenvalue weighted by atomic mass is 9.87. The molecule has 1 aliphatic carbocycles. The summed E-state index contributed by atoms with van der Waals surface area (Å²) in [6.45, 7) is 5.59. The van der Waals surface area contributed by atoms with Crippen molar-refractivity contribution in [2.45, 2.75) is 64.1 Å². The van der Waals surface area contributed by atoms with E-state index in [0.29, 0.717) is 0 Å². The monoisotopic (exact) mass is 240 g/mol. The SMILES string of the molecule is CC(C)(C)N(C(=O)O)[C@H]1CCCC[C@H]1N=[N+]=[N-]. The quantitative estimate of drug-likeness (QED) is 0.455. The van der Waals surface area contributed by atoms with E-state index in [9.17, 15) is 9.90 Å². The van der Waals surface area contributed by atoms with Gasteiger partial charge in [0.05, 0.1) is 6.04 Å². The van der Waals surface area contributed by atoms with Crippen molar-refractivity contribution < 1.29 is 9.90 Å². The molecule has 0 radical (unpaired) electrons. The summed E-state index contributed by atoms with van der Waals surface area (Å²) in [5, 5.41) is 13.1. The summed E-state index contributed by atoms with van der Waals surface area (Å²) in [5.41, 5.74) is 8.08. The zero-order valence-corrected chi connectivity index (χ0v) is 10.6. The van der Waals surface area contributed by atoms with Crippen LogP contribution in [0.15, 0.2) is 5.11 Å². The van der Waals surface area contributed by atoms with Gasteiger partial charge >= 0.3 is 6.09 Å². The van der Waals surface area contributed by atoms with Crippen LogP contribution in [0.25, 0.3) is 10.4 Å². The predicted molar refractivity (Wildman–Crippen MR) is 64.8 cm³/mol. The highest BCUT2D eigenvalue weighted by Gasteiger charge is 2.38. The van der Waals surface area contributed by atoms with Gasteiger partial charge in [-0.25, -0.2) is 4.79 Å². The predicted octanol–water partition coefficient (Wildman–Crippen LogP) is 3.39. The second kappa shape index (κ2) is 5.27. The van der Waals surface area contributed by atoms with Crippen LogP contribution in [0.5, 0.6) is 0 Å². The molecule has 96 valence electrons. The first kappa shape index (κ1) is 13.6. The van der Waals surface area contributed by atoms with Crippen LogP contribution in [0.2, 0.25) is 0 Å². The molecule has 0 saturated heterocycles. The number of nitrogens with zero attached hydrogens (tertiary/aromatic N) is 4. The molecule has 0 aliphatic heterocycles. The van der Waals surface area contributed by atoms with Crippen molar-refractivity contribution in [1.82, 2.24) is 4.90 Å². The van der Waals surface area contributed by atoms with Gasteiger partial charge in [-0.2, -0.15) is 0 Å². The highest BCUT2D eigenvalue weighted by atomic mass is 16.4. The van der Waals surface area contributed by atoms with E-state index >= 15 is 0 Å². The Kier molecular flexibility index (Phi) is 4.23. The summed E-state index contributed by atoms with van der Waals surface area (Å²) in [6, 6.07) is -0.429. The molecule has 6 heteroatoms. The molecule has 1 fully saturated rings. The molecule has 0 spiro atoms. The summed E-state index contributed by atoms with van der Waals surface area (Å²) >= 11 is 0. The third-order valence-electron chi connectivity index (χ3n) is 3.15. The number of rotatable bonds is 2. The second-order valence-electron chi connectivity index (χ2n) is 5.45. The number of azide groups is 1. The van der Waals surface area contributed by atoms with E-state index in [4.69, 9.17) is 5.53 Å². The standard InChI is InChI=1S/C11H20N4O2/c1-11(2,3)15(10(16)17)9-7-5-4-6-8(9)13-14-12/h8-9H,4-7H2,1-3H3,(H,16,17)/t8-,9+/m1/s1. The topological polar surface area (TPSA) is 89.3 Å². The van der Waals surface area contributed by atoms with Crippen molar-refractivity contribution in [3.8, 4) is 0 Å².